The predicted octanol–water partition coefficient (Wildman–Crippen LogP) is 4.80. The van der Waals surface area contributed by atoms with Crippen LogP contribution in [-0.4, -0.2) is 61.8 Å². The first-order valence-electron chi connectivity index (χ1n) is 13.0. The van der Waals surface area contributed by atoms with Crippen LogP contribution in [0.3, 0.4) is 0 Å². The summed E-state index contributed by atoms with van der Waals surface area (Å²) >= 11 is 0.814. The van der Waals surface area contributed by atoms with Gasteiger partial charge >= 0.3 is 6.18 Å². The number of thiazole rings is 1. The van der Waals surface area contributed by atoms with Gasteiger partial charge in [0.1, 0.15) is 16.5 Å². The van der Waals surface area contributed by atoms with E-state index in [-0.39, 0.29) is 45.6 Å². The van der Waals surface area contributed by atoms with Crippen LogP contribution in [0.2, 0.25) is 0 Å². The third-order valence-corrected chi connectivity index (χ3v) is 8.45. The number of aromatic nitrogens is 2. The second-order valence-corrected chi connectivity index (χ2v) is 12.1. The Kier molecular flexibility index (Phi) is 8.37. The van der Waals surface area contributed by atoms with E-state index in [2.05, 4.69) is 20.6 Å². The summed E-state index contributed by atoms with van der Waals surface area (Å²) in [5.74, 6) is 0.0497. The molecule has 3 atom stereocenters. The van der Waals surface area contributed by atoms with Gasteiger partial charge in [-0.1, -0.05) is 6.42 Å². The lowest BCUT2D eigenvalue weighted by atomic mass is 9.80. The molecule has 0 bridgehead atoms. The van der Waals surface area contributed by atoms with E-state index in [0.717, 1.165) is 55.7 Å². The number of aliphatic hydroxyl groups excluding tert-OH is 1. The molecule has 4 rings (SSSR count). The lowest BCUT2D eigenvalue weighted by molar-refractivity contribution is -0.137. The third-order valence-electron chi connectivity index (χ3n) is 7.31. The zero-order valence-corrected chi connectivity index (χ0v) is 22.9. The fourth-order valence-corrected chi connectivity index (χ4v) is 5.87. The minimum atomic E-state index is -4.71. The predicted molar refractivity (Wildman–Crippen MR) is 140 cm³/mol. The molecule has 0 spiro atoms. The zero-order chi connectivity index (χ0) is 27.8. The number of likely N-dealkylation sites (tertiary alicyclic amines) is 1. The van der Waals surface area contributed by atoms with Gasteiger partial charge < -0.3 is 20.4 Å². The van der Waals surface area contributed by atoms with Crippen molar-refractivity contribution in [1.82, 2.24) is 20.2 Å². The Morgan fingerprint density at radius 2 is 1.97 bits per heavy atom. The number of alkyl halides is 3. The average molecular weight is 556 g/mol. The molecule has 12 heteroatoms. The maximum atomic E-state index is 14.3. The van der Waals surface area contributed by atoms with Gasteiger partial charge in [-0.05, 0) is 65.4 Å². The van der Waals surface area contributed by atoms with E-state index in [4.69, 9.17) is 0 Å². The highest BCUT2D eigenvalue weighted by Crippen LogP contribution is 2.43. The fourth-order valence-electron chi connectivity index (χ4n) is 4.83. The van der Waals surface area contributed by atoms with Crippen molar-refractivity contribution in [2.24, 2.45) is 5.92 Å². The number of hydrogen-bond donors (Lipinski definition) is 4. The summed E-state index contributed by atoms with van der Waals surface area (Å²) in [6.07, 6.45) is -0.179. The smallest absolute Gasteiger partial charge is 0.389 e. The number of hydrogen-bond acceptors (Lipinski definition) is 8. The summed E-state index contributed by atoms with van der Waals surface area (Å²) in [7, 11) is 0. The van der Waals surface area contributed by atoms with E-state index in [1.54, 1.807) is 18.7 Å². The van der Waals surface area contributed by atoms with Gasteiger partial charge in [-0.25, -0.2) is 9.97 Å². The Morgan fingerprint density at radius 3 is 2.53 bits per heavy atom. The lowest BCUT2D eigenvalue weighted by Gasteiger charge is -2.32. The monoisotopic (exact) mass is 555 g/mol. The molecule has 4 N–H and O–H groups in total. The molecule has 1 unspecified atom stereocenters. The van der Waals surface area contributed by atoms with Crippen molar-refractivity contribution in [2.75, 3.05) is 18.4 Å². The Morgan fingerprint density at radius 1 is 1.26 bits per heavy atom. The van der Waals surface area contributed by atoms with Gasteiger partial charge in [-0.3, -0.25) is 10.1 Å². The van der Waals surface area contributed by atoms with Gasteiger partial charge in [0.05, 0.1) is 16.0 Å². The number of carbonyl (C=O) groups is 1. The summed E-state index contributed by atoms with van der Waals surface area (Å²) in [6.45, 7) is 7.42. The lowest BCUT2D eigenvalue weighted by Crippen LogP contribution is -2.37. The highest BCUT2D eigenvalue weighted by atomic mass is 32.1. The number of aliphatic hydroxyl groups is 2. The molecule has 1 saturated heterocycles. The van der Waals surface area contributed by atoms with Crippen molar-refractivity contribution >= 4 is 23.1 Å². The molecule has 8 nitrogen and oxygen atoms in total. The normalized spacial score (nSPS) is 20.3. The van der Waals surface area contributed by atoms with E-state index in [1.807, 2.05) is 13.8 Å². The van der Waals surface area contributed by atoms with Gasteiger partial charge in [-0.15, -0.1) is 11.3 Å². The minimum absolute atomic E-state index is 0.00439. The molecule has 1 amide bonds. The number of amides is 1. The quantitative estimate of drug-likeness (QED) is 0.329. The van der Waals surface area contributed by atoms with Gasteiger partial charge in [0.15, 0.2) is 6.23 Å². The molecule has 1 aliphatic carbocycles. The zero-order valence-electron chi connectivity index (χ0n) is 22.1. The van der Waals surface area contributed by atoms with Crippen LogP contribution in [0.1, 0.15) is 87.1 Å². The number of carbonyl (C=O) groups excluding carboxylic acids is 1. The van der Waals surface area contributed by atoms with Crippen LogP contribution in [0.15, 0.2) is 12.3 Å². The van der Waals surface area contributed by atoms with Crippen molar-refractivity contribution < 1.29 is 28.2 Å². The first-order chi connectivity index (χ1) is 17.7. The van der Waals surface area contributed by atoms with Crippen LogP contribution < -0.4 is 10.6 Å². The summed E-state index contributed by atoms with van der Waals surface area (Å²) in [5.41, 5.74) is -2.46. The number of rotatable bonds is 9. The van der Waals surface area contributed by atoms with Crippen LogP contribution in [0.4, 0.5) is 19.0 Å². The van der Waals surface area contributed by atoms with Gasteiger partial charge in [0.25, 0.3) is 5.91 Å². The first-order valence-corrected chi connectivity index (χ1v) is 13.9. The third kappa shape index (κ3) is 6.47. The van der Waals surface area contributed by atoms with Crippen LogP contribution in [0, 0.1) is 5.92 Å². The molecule has 38 heavy (non-hydrogen) atoms. The first kappa shape index (κ1) is 28.7. The van der Waals surface area contributed by atoms with Gasteiger partial charge in [0, 0.05) is 36.9 Å². The SMILES string of the molecule is C[C@H](Nc1cc(C(F)(F)F)c(-c2sc(C(O)NCC(C)(C)O)nc2C(=O)N2CCC[C@@H]2C)cn1)C1CCC1. The number of nitrogens with one attached hydrogen (secondary N) is 2. The fraction of sp³-hybridized carbons (Fsp3) is 0.654. The van der Waals surface area contributed by atoms with Gasteiger partial charge in [-0.2, -0.15) is 13.2 Å². The summed E-state index contributed by atoms with van der Waals surface area (Å²) in [4.78, 5) is 23.7. The molecule has 0 radical (unpaired) electrons. The van der Waals surface area contributed by atoms with E-state index in [9.17, 15) is 28.2 Å². The van der Waals surface area contributed by atoms with Crippen LogP contribution in [0.5, 0.6) is 0 Å². The van der Waals surface area contributed by atoms with E-state index in [0.29, 0.717) is 12.5 Å². The molecule has 1 saturated carbocycles. The Labute approximate surface area is 224 Å². The summed E-state index contributed by atoms with van der Waals surface area (Å²) in [5, 5.41) is 26.5. The van der Waals surface area contributed by atoms with Crippen LogP contribution in [0.25, 0.3) is 10.4 Å². The molecule has 2 aliphatic rings. The molecule has 210 valence electrons. The van der Waals surface area contributed by atoms with E-state index < -0.39 is 29.5 Å². The Hall–Kier alpha value is -2.28. The van der Waals surface area contributed by atoms with Crippen molar-refractivity contribution in [3.63, 3.8) is 0 Å². The maximum absolute atomic E-state index is 14.3. The van der Waals surface area contributed by atoms with Crippen molar-refractivity contribution in [3.8, 4) is 10.4 Å². The molecular formula is C26H36F3N5O3S. The molecule has 2 aromatic heterocycles. The second-order valence-electron chi connectivity index (χ2n) is 11.1. The average Bonchev–Trinajstić information content (AvgIpc) is 3.41. The standard InChI is InChI=1S/C26H36F3N5O3S/c1-14-7-6-10-34(14)24(36)20-21(38-23(33-20)22(35)31-13-25(3,4)37)17-12-30-19(11-18(17)26(27,28)29)32-15(2)16-8-5-9-16/h11-12,14-16,22,31,35,37H,5-10,13H2,1-4H3,(H,30,32)/t14-,15-,22?/m0/s1. The highest BCUT2D eigenvalue weighted by Gasteiger charge is 2.38. The highest BCUT2D eigenvalue weighted by molar-refractivity contribution is 7.15. The number of pyridine rings is 1. The van der Waals surface area contributed by atoms with E-state index in [1.165, 1.54) is 0 Å². The number of anilines is 1. The maximum Gasteiger partial charge on any atom is 0.417 e. The summed E-state index contributed by atoms with van der Waals surface area (Å²) < 4.78 is 43.0. The minimum Gasteiger partial charge on any atom is -0.389 e. The second kappa shape index (κ2) is 11.1. The number of halogens is 3. The van der Waals surface area contributed by atoms with Crippen LogP contribution >= 0.6 is 11.3 Å². The Balaban J connectivity index is 1.74. The largest absolute Gasteiger partial charge is 0.417 e. The topological polar surface area (TPSA) is 111 Å². The molecule has 2 aromatic rings. The van der Waals surface area contributed by atoms with Gasteiger partial charge in [0.2, 0.25) is 0 Å². The van der Waals surface area contributed by atoms with E-state index >= 15 is 0 Å². The van der Waals surface area contributed by atoms with Crippen molar-refractivity contribution in [1.29, 1.82) is 0 Å². The molecular weight excluding hydrogens is 519 g/mol. The van der Waals surface area contributed by atoms with Crippen molar-refractivity contribution in [2.45, 2.75) is 89.9 Å². The Bertz CT molecular complexity index is 1150. The summed E-state index contributed by atoms with van der Waals surface area (Å²) in [6, 6.07) is 0.905. The number of nitrogens with zero attached hydrogens (tertiary/aromatic N) is 3. The molecule has 3 heterocycles. The molecule has 1 aliphatic heterocycles. The van der Waals surface area contributed by atoms with Crippen molar-refractivity contribution in [3.05, 3.63) is 28.5 Å². The van der Waals surface area contributed by atoms with Crippen LogP contribution in [-0.2, 0) is 6.18 Å². The molecule has 2 fully saturated rings. The molecule has 0 aromatic carbocycles.